The fourth-order valence-corrected chi connectivity index (χ4v) is 0. The fraction of sp³-hybridized carbons (Fsp3) is 0. The molecule has 0 aliphatic rings. The third kappa shape index (κ3) is 75.8. The van der Waals surface area contributed by atoms with E-state index in [4.69, 9.17) is 0 Å². The van der Waals surface area contributed by atoms with Crippen molar-refractivity contribution in [3.8, 4) is 0 Å². The molecule has 0 unspecified atom stereocenters. The van der Waals surface area contributed by atoms with Gasteiger partial charge in [0, 0.05) is 97.4 Å². The van der Waals surface area contributed by atoms with Crippen LogP contribution in [0.25, 0.3) is 0 Å². The zero-order valence-corrected chi connectivity index (χ0v) is 5.45. The largest absolute Gasteiger partial charge is 0 e. The van der Waals surface area contributed by atoms with Gasteiger partial charge in [-0.15, -0.1) is 0 Å². The summed E-state index contributed by atoms with van der Waals surface area (Å²) in [6, 6.07) is 0. The Hall–Kier alpha value is 1.91. The van der Waals surface area contributed by atoms with Crippen molar-refractivity contribution in [3.05, 3.63) is 0 Å². The van der Waals surface area contributed by atoms with Crippen molar-refractivity contribution in [2.24, 2.45) is 0 Å². The molecule has 0 fully saturated rings. The van der Waals surface area contributed by atoms with Crippen LogP contribution in [0, 0.1) is 46.9 Å². The van der Waals surface area contributed by atoms with E-state index >= 15 is 0 Å². The second kappa shape index (κ2) is 104. The first kappa shape index (κ1) is 153. The summed E-state index contributed by atoms with van der Waals surface area (Å²) in [4.78, 5) is 0. The Labute approximate surface area is 96.0 Å². The fourth-order valence-electron chi connectivity index (χ4n) is 0. The molecular weight excluding hydrogens is 238 g/mol. The van der Waals surface area contributed by atoms with Gasteiger partial charge in [-0.05, 0) is 0 Å². The maximum absolute atomic E-state index is 0. The van der Waals surface area contributed by atoms with Gasteiger partial charge in [-0.1, -0.05) is 0 Å². The van der Waals surface area contributed by atoms with Gasteiger partial charge >= 0.3 is 0 Å². The van der Waals surface area contributed by atoms with Crippen LogP contribution in [0.2, 0.25) is 0 Å². The normalized spacial score (nSPS) is 0. The van der Waals surface area contributed by atoms with Gasteiger partial charge in [-0.25, -0.2) is 0 Å². The molecule has 0 aromatic carbocycles. The second-order valence-corrected chi connectivity index (χ2v) is 0. The molecule has 0 amide bonds. The molecule has 18 radical (unpaired) electrons. The van der Waals surface area contributed by atoms with Crippen molar-refractivity contribution in [2.45, 2.75) is 0 Å². The molecule has 0 spiro atoms. The summed E-state index contributed by atoms with van der Waals surface area (Å²) in [6.07, 6.45) is 0. The SMILES string of the molecule is [B].[B].[B].[B].[B].[B].[Yb]. The van der Waals surface area contributed by atoms with E-state index in [-0.39, 0.29) is 97.4 Å². The van der Waals surface area contributed by atoms with Gasteiger partial charge in [-0.3, -0.25) is 0 Å². The summed E-state index contributed by atoms with van der Waals surface area (Å²) in [5.41, 5.74) is 0. The Bertz CT molecular complexity index is 4.14. The number of hydrogen-bond acceptors (Lipinski definition) is 0. The van der Waals surface area contributed by atoms with E-state index in [0.29, 0.717) is 0 Å². The summed E-state index contributed by atoms with van der Waals surface area (Å²) < 4.78 is 0. The standard InChI is InChI=1S/6B.Yb. The molecule has 0 N–H and O–H groups in total. The van der Waals surface area contributed by atoms with Crippen LogP contribution in [0.3, 0.4) is 0 Å². The summed E-state index contributed by atoms with van der Waals surface area (Å²) in [6.45, 7) is 0. The van der Waals surface area contributed by atoms with Crippen LogP contribution in [-0.2, 0) is 0 Å². The van der Waals surface area contributed by atoms with Gasteiger partial charge in [-0.2, -0.15) is 0 Å². The van der Waals surface area contributed by atoms with E-state index in [0.717, 1.165) is 0 Å². The van der Waals surface area contributed by atoms with Crippen molar-refractivity contribution in [2.75, 3.05) is 0 Å². The average Bonchev–Trinajstić information content (AvgIpc) is 0. The van der Waals surface area contributed by atoms with E-state index in [1.54, 1.807) is 0 Å². The van der Waals surface area contributed by atoms with E-state index in [2.05, 4.69) is 0 Å². The molecule has 0 saturated heterocycles. The minimum atomic E-state index is 0. The molecule has 0 nitrogen and oxygen atoms in total. The third-order valence-electron chi connectivity index (χ3n) is 0. The molecule has 7 heteroatoms. The number of rotatable bonds is 0. The Balaban J connectivity index is 0. The van der Waals surface area contributed by atoms with Crippen molar-refractivity contribution < 1.29 is 46.9 Å². The first-order valence-electron chi connectivity index (χ1n) is 0. The minimum absolute atomic E-state index is 0. The summed E-state index contributed by atoms with van der Waals surface area (Å²) in [5, 5.41) is 0. The molecule has 0 aliphatic carbocycles. The van der Waals surface area contributed by atoms with Crippen molar-refractivity contribution >= 4 is 50.5 Å². The first-order valence-corrected chi connectivity index (χ1v) is 0. The Morgan fingerprint density at radius 3 is 0.286 bits per heavy atom. The van der Waals surface area contributed by atoms with E-state index < -0.39 is 0 Å². The van der Waals surface area contributed by atoms with Crippen LogP contribution in [0.5, 0.6) is 0 Å². The van der Waals surface area contributed by atoms with Crippen molar-refractivity contribution in [3.63, 3.8) is 0 Å². The first-order chi connectivity index (χ1) is 0. The molecule has 32 valence electrons. The van der Waals surface area contributed by atoms with Crippen LogP contribution in [0.1, 0.15) is 0 Å². The quantitative estimate of drug-likeness (QED) is 0.417. The molecule has 0 saturated carbocycles. The topological polar surface area (TPSA) is 0 Å². The van der Waals surface area contributed by atoms with Crippen LogP contribution in [0.4, 0.5) is 0 Å². The van der Waals surface area contributed by atoms with Crippen LogP contribution in [-0.4, -0.2) is 50.5 Å². The molecule has 0 rings (SSSR count). The molecular formula is B6Yb. The maximum Gasteiger partial charge on any atom is 0 e. The van der Waals surface area contributed by atoms with E-state index in [1.165, 1.54) is 0 Å². The zero-order valence-electron chi connectivity index (χ0n) is 3.73. The summed E-state index contributed by atoms with van der Waals surface area (Å²) >= 11 is 0. The maximum atomic E-state index is 0. The van der Waals surface area contributed by atoms with Crippen LogP contribution in [0.15, 0.2) is 0 Å². The van der Waals surface area contributed by atoms with Crippen LogP contribution < -0.4 is 0 Å². The van der Waals surface area contributed by atoms with Gasteiger partial charge < -0.3 is 0 Å². The second-order valence-electron chi connectivity index (χ2n) is 0. The molecule has 0 heterocycles. The molecule has 7 heavy (non-hydrogen) atoms. The summed E-state index contributed by atoms with van der Waals surface area (Å²) in [7, 11) is 0. The number of hydrogen-bond donors (Lipinski definition) is 0. The van der Waals surface area contributed by atoms with E-state index in [9.17, 15) is 0 Å². The summed E-state index contributed by atoms with van der Waals surface area (Å²) in [5.74, 6) is 0. The van der Waals surface area contributed by atoms with E-state index in [1.807, 2.05) is 0 Å². The molecule has 0 aliphatic heterocycles. The monoisotopic (exact) mass is 240 g/mol. The van der Waals surface area contributed by atoms with Gasteiger partial charge in [0.25, 0.3) is 0 Å². The predicted molar refractivity (Wildman–Crippen MR) is 34.5 cm³/mol. The van der Waals surface area contributed by atoms with Gasteiger partial charge in [0.2, 0.25) is 0 Å². The van der Waals surface area contributed by atoms with Gasteiger partial charge in [0.05, 0.1) is 0 Å². The van der Waals surface area contributed by atoms with Crippen molar-refractivity contribution in [1.29, 1.82) is 0 Å². The Morgan fingerprint density at radius 1 is 0.286 bits per heavy atom. The average molecular weight is 238 g/mol. The zero-order chi connectivity index (χ0) is 0. The Kier molecular flexibility index (Phi) is 2260. The van der Waals surface area contributed by atoms with Crippen LogP contribution >= 0.6 is 0 Å². The molecule has 0 aromatic rings. The smallest absolute Gasteiger partial charge is 0 e. The molecule has 0 atom stereocenters. The predicted octanol–water partition coefficient (Wildman–Crippen LogP) is -2.28. The third-order valence-corrected chi connectivity index (χ3v) is 0. The Morgan fingerprint density at radius 2 is 0.286 bits per heavy atom. The van der Waals surface area contributed by atoms with Gasteiger partial charge in [0.1, 0.15) is 0 Å². The molecule has 0 bridgehead atoms. The minimum Gasteiger partial charge on any atom is 0 e. The van der Waals surface area contributed by atoms with Crippen molar-refractivity contribution in [1.82, 2.24) is 0 Å². The molecule has 0 aromatic heterocycles. The van der Waals surface area contributed by atoms with Gasteiger partial charge in [0.15, 0.2) is 0 Å².